The highest BCUT2D eigenvalue weighted by Crippen LogP contribution is 2.38. The molecule has 10 nitrogen and oxygen atoms in total. The molecule has 0 spiro atoms. The fourth-order valence-electron chi connectivity index (χ4n) is 5.19. The maximum absolute atomic E-state index is 12.6. The van der Waals surface area contributed by atoms with Crippen molar-refractivity contribution in [2.24, 2.45) is 0 Å². The number of carbonyl (C=O) groups excluding carboxylic acids is 1. The van der Waals surface area contributed by atoms with Crippen molar-refractivity contribution in [2.75, 3.05) is 51.4 Å². The largest absolute Gasteiger partial charge is 0.486 e. The zero-order chi connectivity index (χ0) is 24.7. The summed E-state index contributed by atoms with van der Waals surface area (Å²) in [7, 11) is 1.57. The maximum Gasteiger partial charge on any atom is 0.414 e. The molecule has 10 heteroatoms. The Morgan fingerprint density at radius 2 is 1.92 bits per heavy atom. The van der Waals surface area contributed by atoms with E-state index >= 15 is 0 Å². The standard InChI is InChI=1S/C26H28N4O6/c1-33-23-5-3-20-24(28-23)19(6-9-27-20)26(32)7-10-29(11-8-26)15-18-16-30(25(31)36-18)17-2-4-21-22(14-17)35-13-12-34-21/h2-6,9,14,18,32H,7-8,10-13,15-16H2,1H3/t18-/m0/s1. The number of hydrogen-bond donors (Lipinski definition) is 1. The van der Waals surface area contributed by atoms with E-state index in [4.69, 9.17) is 18.9 Å². The van der Waals surface area contributed by atoms with Crippen molar-refractivity contribution >= 4 is 22.8 Å². The lowest BCUT2D eigenvalue weighted by Crippen LogP contribution is -2.45. The van der Waals surface area contributed by atoms with Crippen LogP contribution in [0.3, 0.4) is 0 Å². The van der Waals surface area contributed by atoms with Gasteiger partial charge < -0.3 is 24.1 Å². The topological polar surface area (TPSA) is 106 Å². The van der Waals surface area contributed by atoms with Crippen LogP contribution in [0.15, 0.2) is 42.6 Å². The molecule has 6 rings (SSSR count). The van der Waals surface area contributed by atoms with Crippen molar-refractivity contribution in [3.05, 3.63) is 48.2 Å². The number of aromatic nitrogens is 2. The molecular weight excluding hydrogens is 464 g/mol. The summed E-state index contributed by atoms with van der Waals surface area (Å²) in [6.45, 7) is 3.41. The highest BCUT2D eigenvalue weighted by molar-refractivity contribution is 5.90. The second-order valence-corrected chi connectivity index (χ2v) is 9.36. The minimum atomic E-state index is -1.01. The quantitative estimate of drug-likeness (QED) is 0.575. The van der Waals surface area contributed by atoms with Gasteiger partial charge in [0.25, 0.3) is 0 Å². The minimum absolute atomic E-state index is 0.260. The molecule has 1 aromatic carbocycles. The molecule has 2 saturated heterocycles. The van der Waals surface area contributed by atoms with Crippen molar-refractivity contribution < 1.29 is 28.8 Å². The van der Waals surface area contributed by atoms with E-state index in [1.807, 2.05) is 30.3 Å². The minimum Gasteiger partial charge on any atom is -0.486 e. The zero-order valence-electron chi connectivity index (χ0n) is 20.1. The summed E-state index contributed by atoms with van der Waals surface area (Å²) < 4.78 is 22.2. The van der Waals surface area contributed by atoms with Crippen LogP contribution in [0.5, 0.6) is 17.4 Å². The summed E-state index contributed by atoms with van der Waals surface area (Å²) in [6, 6.07) is 11.0. The van der Waals surface area contributed by atoms with Crippen LogP contribution >= 0.6 is 0 Å². The molecule has 0 saturated carbocycles. The molecule has 1 amide bonds. The molecule has 188 valence electrons. The monoisotopic (exact) mass is 492 g/mol. The predicted octanol–water partition coefficient (Wildman–Crippen LogP) is 2.72. The molecule has 0 aliphatic carbocycles. The van der Waals surface area contributed by atoms with Crippen LogP contribution in [0, 0.1) is 0 Å². The van der Waals surface area contributed by atoms with Crippen LogP contribution in [-0.2, 0) is 10.3 Å². The van der Waals surface area contributed by atoms with Gasteiger partial charge in [0, 0.05) is 43.5 Å². The molecule has 0 unspecified atom stereocenters. The number of methoxy groups -OCH3 is 1. The zero-order valence-corrected chi connectivity index (χ0v) is 20.1. The summed E-state index contributed by atoms with van der Waals surface area (Å²) in [5.41, 5.74) is 1.87. The fraction of sp³-hybridized carbons (Fsp3) is 0.423. The summed E-state index contributed by atoms with van der Waals surface area (Å²) in [6.07, 6.45) is 2.16. The number of fused-ring (bicyclic) bond motifs is 2. The Balaban J connectivity index is 1.11. The van der Waals surface area contributed by atoms with E-state index in [2.05, 4.69) is 14.9 Å². The number of nitrogens with zero attached hydrogens (tertiary/aromatic N) is 4. The number of carbonyl (C=O) groups is 1. The first kappa shape index (κ1) is 22.8. The molecule has 3 aliphatic heterocycles. The SMILES string of the molecule is COc1ccc2nccc(C3(O)CCN(C[C@H]4CN(c5ccc6c(c5)OCCO6)C(=O)O4)CC3)c2n1. The molecule has 2 fully saturated rings. The molecule has 0 radical (unpaired) electrons. The Kier molecular flexibility index (Phi) is 5.77. The van der Waals surface area contributed by atoms with Gasteiger partial charge in [0.1, 0.15) is 19.3 Å². The Labute approximate surface area is 208 Å². The van der Waals surface area contributed by atoms with Crippen LogP contribution in [0.2, 0.25) is 0 Å². The second kappa shape index (κ2) is 9.11. The van der Waals surface area contributed by atoms with Crippen LogP contribution in [0.4, 0.5) is 10.5 Å². The maximum atomic E-state index is 12.6. The van der Waals surface area contributed by atoms with E-state index in [0.717, 1.165) is 16.8 Å². The van der Waals surface area contributed by atoms with Crippen molar-refractivity contribution in [1.82, 2.24) is 14.9 Å². The van der Waals surface area contributed by atoms with Gasteiger partial charge in [0.2, 0.25) is 5.88 Å². The van der Waals surface area contributed by atoms with E-state index in [-0.39, 0.29) is 12.2 Å². The van der Waals surface area contributed by atoms with Crippen molar-refractivity contribution in [3.63, 3.8) is 0 Å². The molecule has 0 bridgehead atoms. The molecule has 36 heavy (non-hydrogen) atoms. The van der Waals surface area contributed by atoms with Crippen LogP contribution in [-0.4, -0.2) is 78.7 Å². The lowest BCUT2D eigenvalue weighted by atomic mass is 9.84. The average Bonchev–Trinajstić information content (AvgIpc) is 3.28. The van der Waals surface area contributed by atoms with Gasteiger partial charge in [-0.2, -0.15) is 0 Å². The number of ether oxygens (including phenoxy) is 4. The summed E-state index contributed by atoms with van der Waals surface area (Å²) >= 11 is 0. The summed E-state index contributed by atoms with van der Waals surface area (Å²) in [5, 5.41) is 11.6. The number of rotatable bonds is 5. The predicted molar refractivity (Wildman–Crippen MR) is 131 cm³/mol. The van der Waals surface area contributed by atoms with E-state index in [1.165, 1.54) is 0 Å². The molecule has 2 aromatic heterocycles. The highest BCUT2D eigenvalue weighted by atomic mass is 16.6. The summed E-state index contributed by atoms with van der Waals surface area (Å²) in [4.78, 5) is 25.4. The van der Waals surface area contributed by atoms with Crippen LogP contribution in [0.1, 0.15) is 18.4 Å². The van der Waals surface area contributed by atoms with E-state index in [0.29, 0.717) is 75.1 Å². The average molecular weight is 493 g/mol. The van der Waals surface area contributed by atoms with Gasteiger partial charge in [-0.1, -0.05) is 0 Å². The molecule has 1 atom stereocenters. The Bertz CT molecular complexity index is 1290. The van der Waals surface area contributed by atoms with Crippen molar-refractivity contribution in [1.29, 1.82) is 0 Å². The third-order valence-corrected chi connectivity index (χ3v) is 7.13. The number of hydrogen-bond acceptors (Lipinski definition) is 9. The molecular formula is C26H28N4O6. The van der Waals surface area contributed by atoms with E-state index in [9.17, 15) is 9.90 Å². The smallest absolute Gasteiger partial charge is 0.414 e. The van der Waals surface area contributed by atoms with E-state index in [1.54, 1.807) is 24.3 Å². The number of piperidine rings is 1. The van der Waals surface area contributed by atoms with Gasteiger partial charge in [-0.3, -0.25) is 14.8 Å². The number of cyclic esters (lactones) is 1. The van der Waals surface area contributed by atoms with Crippen molar-refractivity contribution in [2.45, 2.75) is 24.5 Å². The Morgan fingerprint density at radius 1 is 1.11 bits per heavy atom. The number of likely N-dealkylation sites (tertiary alicyclic amines) is 1. The van der Waals surface area contributed by atoms with E-state index < -0.39 is 5.60 Å². The number of benzene rings is 1. The highest BCUT2D eigenvalue weighted by Gasteiger charge is 2.39. The van der Waals surface area contributed by atoms with Gasteiger partial charge in [-0.15, -0.1) is 0 Å². The van der Waals surface area contributed by atoms with Gasteiger partial charge in [0.15, 0.2) is 11.5 Å². The number of anilines is 1. The Morgan fingerprint density at radius 3 is 2.72 bits per heavy atom. The molecule has 3 aromatic rings. The first-order valence-corrected chi connectivity index (χ1v) is 12.2. The Hall–Kier alpha value is -3.63. The van der Waals surface area contributed by atoms with Gasteiger partial charge >= 0.3 is 6.09 Å². The number of pyridine rings is 2. The molecule has 1 N–H and O–H groups in total. The lowest BCUT2D eigenvalue weighted by Gasteiger charge is -2.39. The van der Waals surface area contributed by atoms with Crippen LogP contribution < -0.4 is 19.1 Å². The third-order valence-electron chi connectivity index (χ3n) is 7.13. The van der Waals surface area contributed by atoms with Crippen LogP contribution in [0.25, 0.3) is 11.0 Å². The normalized spacial score (nSPS) is 21.4. The number of amides is 1. The second-order valence-electron chi connectivity index (χ2n) is 9.36. The first-order valence-electron chi connectivity index (χ1n) is 12.2. The first-order chi connectivity index (χ1) is 17.5. The molecule has 3 aliphatic rings. The van der Waals surface area contributed by atoms with Gasteiger partial charge in [-0.25, -0.2) is 9.78 Å². The molecule has 5 heterocycles. The summed E-state index contributed by atoms with van der Waals surface area (Å²) in [5.74, 6) is 1.81. The van der Waals surface area contributed by atoms with Crippen molar-refractivity contribution in [3.8, 4) is 17.4 Å². The number of aliphatic hydroxyl groups is 1. The van der Waals surface area contributed by atoms with Gasteiger partial charge in [0.05, 0.1) is 36.0 Å². The third kappa shape index (κ3) is 4.16. The fourth-order valence-corrected chi connectivity index (χ4v) is 5.19. The lowest BCUT2D eigenvalue weighted by molar-refractivity contribution is -0.0315. The van der Waals surface area contributed by atoms with Gasteiger partial charge in [-0.05, 0) is 37.1 Å².